The van der Waals surface area contributed by atoms with Crippen LogP contribution in [0.1, 0.15) is 10.6 Å². The maximum absolute atomic E-state index is 12.0. The lowest BCUT2D eigenvalue weighted by Crippen LogP contribution is -2.34. The summed E-state index contributed by atoms with van der Waals surface area (Å²) in [7, 11) is 1.59. The Kier molecular flexibility index (Phi) is 4.27. The Morgan fingerprint density at radius 3 is 3.16 bits per heavy atom. The molecular weight excluding hydrogens is 324 g/mol. The maximum atomic E-state index is 12.0. The average molecular weight is 344 g/mol. The van der Waals surface area contributed by atoms with Gasteiger partial charge >= 0.3 is 0 Å². The molecule has 132 valence electrons. The molecular formula is C17H20N4O4. The number of rotatable bonds is 5. The highest BCUT2D eigenvalue weighted by Crippen LogP contribution is 2.35. The molecule has 0 saturated carbocycles. The van der Waals surface area contributed by atoms with Crippen molar-refractivity contribution in [2.24, 2.45) is 11.8 Å². The summed E-state index contributed by atoms with van der Waals surface area (Å²) in [4.78, 5) is 22.6. The monoisotopic (exact) mass is 344 g/mol. The van der Waals surface area contributed by atoms with Crippen molar-refractivity contribution in [1.29, 1.82) is 0 Å². The van der Waals surface area contributed by atoms with Gasteiger partial charge in [-0.1, -0.05) is 0 Å². The molecule has 1 amide bonds. The van der Waals surface area contributed by atoms with Gasteiger partial charge in [-0.2, -0.15) is 0 Å². The molecule has 3 atom stereocenters. The molecule has 0 bridgehead atoms. The van der Waals surface area contributed by atoms with Crippen LogP contribution < -0.4 is 15.0 Å². The number of hydrogen-bond acceptors (Lipinski definition) is 7. The summed E-state index contributed by atoms with van der Waals surface area (Å²) in [5.74, 6) is 2.16. The zero-order valence-electron chi connectivity index (χ0n) is 13.9. The molecule has 8 nitrogen and oxygen atoms in total. The van der Waals surface area contributed by atoms with Crippen molar-refractivity contribution in [3.8, 4) is 5.88 Å². The van der Waals surface area contributed by atoms with Gasteiger partial charge in [0.05, 0.1) is 26.1 Å². The van der Waals surface area contributed by atoms with Gasteiger partial charge in [0.15, 0.2) is 5.76 Å². The maximum Gasteiger partial charge on any atom is 0.286 e. The van der Waals surface area contributed by atoms with Gasteiger partial charge in [-0.15, -0.1) is 0 Å². The summed E-state index contributed by atoms with van der Waals surface area (Å²) in [5, 5.41) is 2.94. The van der Waals surface area contributed by atoms with Crippen molar-refractivity contribution in [3.63, 3.8) is 0 Å². The lowest BCUT2D eigenvalue weighted by Gasteiger charge is -2.20. The summed E-state index contributed by atoms with van der Waals surface area (Å²) in [5.41, 5.74) is 0. The van der Waals surface area contributed by atoms with E-state index in [1.807, 2.05) is 6.07 Å². The molecule has 2 aliphatic heterocycles. The highest BCUT2D eigenvalue weighted by Gasteiger charge is 2.44. The molecule has 0 aromatic carbocycles. The van der Waals surface area contributed by atoms with Crippen molar-refractivity contribution < 1.29 is 18.7 Å². The summed E-state index contributed by atoms with van der Waals surface area (Å²) < 4.78 is 16.2. The lowest BCUT2D eigenvalue weighted by atomic mass is 9.93. The molecule has 0 radical (unpaired) electrons. The topological polar surface area (TPSA) is 89.7 Å². The van der Waals surface area contributed by atoms with Gasteiger partial charge in [0.1, 0.15) is 12.1 Å². The number of carbonyl (C=O) groups excluding carboxylic acids is 1. The fourth-order valence-corrected chi connectivity index (χ4v) is 3.53. The fraction of sp³-hybridized carbons (Fsp3) is 0.471. The quantitative estimate of drug-likeness (QED) is 0.864. The number of methoxy groups -OCH3 is 1. The Hall–Kier alpha value is -2.61. The molecule has 8 heteroatoms. The summed E-state index contributed by atoms with van der Waals surface area (Å²) in [6, 6.07) is 5.19. The van der Waals surface area contributed by atoms with E-state index in [1.165, 1.54) is 12.6 Å². The van der Waals surface area contributed by atoms with Crippen LogP contribution in [0.2, 0.25) is 0 Å². The standard InChI is InChI=1S/C17H20N4O4/c1-23-16-5-15(19-10-20-16)21-7-12-11(9-25-14(12)8-21)6-18-17(22)13-3-2-4-24-13/h2-5,10-12,14H,6-9H2,1H3,(H,18,22)/t11-,12-,14-/m1/s1. The number of carbonyl (C=O) groups is 1. The second kappa shape index (κ2) is 6.72. The molecule has 2 fully saturated rings. The molecule has 1 N–H and O–H groups in total. The lowest BCUT2D eigenvalue weighted by molar-refractivity contribution is 0.0912. The molecule has 2 aliphatic rings. The first-order valence-electron chi connectivity index (χ1n) is 8.29. The SMILES string of the molecule is COc1cc(N2C[C@@H]3[C@H](CNC(=O)c4ccco4)CO[C@@H]3C2)ncn1. The largest absolute Gasteiger partial charge is 0.481 e. The van der Waals surface area contributed by atoms with E-state index in [-0.39, 0.29) is 17.9 Å². The minimum Gasteiger partial charge on any atom is -0.481 e. The number of fused-ring (bicyclic) bond motifs is 1. The number of nitrogens with one attached hydrogen (secondary N) is 1. The van der Waals surface area contributed by atoms with Crippen LogP contribution in [0.3, 0.4) is 0 Å². The summed E-state index contributed by atoms with van der Waals surface area (Å²) in [6.45, 7) is 2.86. The first kappa shape index (κ1) is 15.9. The van der Waals surface area contributed by atoms with Crippen LogP contribution in [0, 0.1) is 11.8 Å². The van der Waals surface area contributed by atoms with E-state index in [9.17, 15) is 4.79 Å². The summed E-state index contributed by atoms with van der Waals surface area (Å²) in [6.07, 6.45) is 3.16. The fourth-order valence-electron chi connectivity index (χ4n) is 3.53. The number of nitrogens with zero attached hydrogens (tertiary/aromatic N) is 3. The third kappa shape index (κ3) is 3.17. The molecule has 0 unspecified atom stereocenters. The predicted octanol–water partition coefficient (Wildman–Crippen LogP) is 0.959. The number of amides is 1. The second-order valence-electron chi connectivity index (χ2n) is 6.31. The number of anilines is 1. The second-order valence-corrected chi connectivity index (χ2v) is 6.31. The predicted molar refractivity (Wildman–Crippen MR) is 88.6 cm³/mol. The Balaban J connectivity index is 1.37. The first-order valence-corrected chi connectivity index (χ1v) is 8.29. The number of furan rings is 1. The zero-order valence-corrected chi connectivity index (χ0v) is 13.9. The minimum absolute atomic E-state index is 0.159. The number of ether oxygens (including phenoxy) is 2. The highest BCUT2D eigenvalue weighted by atomic mass is 16.5. The smallest absolute Gasteiger partial charge is 0.286 e. The van der Waals surface area contributed by atoms with Gasteiger partial charge in [-0.3, -0.25) is 4.79 Å². The van der Waals surface area contributed by atoms with Crippen LogP contribution in [0.4, 0.5) is 5.82 Å². The highest BCUT2D eigenvalue weighted by molar-refractivity contribution is 5.91. The third-order valence-corrected chi connectivity index (χ3v) is 4.87. The van der Waals surface area contributed by atoms with Gasteiger partial charge in [0.2, 0.25) is 5.88 Å². The molecule has 4 rings (SSSR count). The molecule has 2 aromatic rings. The molecule has 4 heterocycles. The molecule has 2 aromatic heterocycles. The van der Waals surface area contributed by atoms with Gasteiger partial charge in [-0.05, 0) is 12.1 Å². The number of hydrogen-bond donors (Lipinski definition) is 1. The Morgan fingerprint density at radius 1 is 1.44 bits per heavy atom. The van der Waals surface area contributed by atoms with Crippen molar-refractivity contribution in [2.45, 2.75) is 6.10 Å². The summed E-state index contributed by atoms with van der Waals surface area (Å²) >= 11 is 0. The van der Waals surface area contributed by atoms with E-state index in [2.05, 4.69) is 20.2 Å². The molecule has 0 spiro atoms. The zero-order chi connectivity index (χ0) is 17.2. The minimum atomic E-state index is -0.191. The van der Waals surface area contributed by atoms with Crippen molar-refractivity contribution >= 4 is 11.7 Å². The van der Waals surface area contributed by atoms with Crippen LogP contribution in [0.25, 0.3) is 0 Å². The Bertz CT molecular complexity index is 736. The van der Waals surface area contributed by atoms with E-state index in [0.29, 0.717) is 30.7 Å². The molecule has 0 aliphatic carbocycles. The van der Waals surface area contributed by atoms with E-state index in [4.69, 9.17) is 13.9 Å². The number of aromatic nitrogens is 2. The van der Waals surface area contributed by atoms with Crippen LogP contribution in [0.15, 0.2) is 35.2 Å². The van der Waals surface area contributed by atoms with Crippen LogP contribution in [-0.2, 0) is 4.74 Å². The first-order chi connectivity index (χ1) is 12.2. The van der Waals surface area contributed by atoms with Gasteiger partial charge in [0, 0.05) is 37.5 Å². The Labute approximate surface area is 145 Å². The Morgan fingerprint density at radius 2 is 2.36 bits per heavy atom. The van der Waals surface area contributed by atoms with E-state index >= 15 is 0 Å². The van der Waals surface area contributed by atoms with Crippen molar-refractivity contribution in [3.05, 3.63) is 36.5 Å². The van der Waals surface area contributed by atoms with Gasteiger partial charge in [0.25, 0.3) is 5.91 Å². The van der Waals surface area contributed by atoms with Crippen LogP contribution >= 0.6 is 0 Å². The van der Waals surface area contributed by atoms with E-state index in [0.717, 1.165) is 18.9 Å². The van der Waals surface area contributed by atoms with Crippen molar-refractivity contribution in [1.82, 2.24) is 15.3 Å². The van der Waals surface area contributed by atoms with Crippen molar-refractivity contribution in [2.75, 3.05) is 38.3 Å². The van der Waals surface area contributed by atoms with Gasteiger partial charge in [-0.25, -0.2) is 9.97 Å². The van der Waals surface area contributed by atoms with E-state index < -0.39 is 0 Å². The molecule has 2 saturated heterocycles. The van der Waals surface area contributed by atoms with E-state index in [1.54, 1.807) is 19.2 Å². The average Bonchev–Trinajstić information content (AvgIpc) is 3.37. The van der Waals surface area contributed by atoms with Crippen LogP contribution in [-0.4, -0.2) is 55.3 Å². The van der Waals surface area contributed by atoms with Crippen LogP contribution in [0.5, 0.6) is 5.88 Å². The third-order valence-electron chi connectivity index (χ3n) is 4.87. The normalized spacial score (nSPS) is 25.0. The molecule has 25 heavy (non-hydrogen) atoms. The van der Waals surface area contributed by atoms with Gasteiger partial charge < -0.3 is 24.1 Å².